The summed E-state index contributed by atoms with van der Waals surface area (Å²) in [7, 11) is 2.54. The Balaban J connectivity index is 0.00000400. The van der Waals surface area contributed by atoms with Gasteiger partial charge >= 0.3 is 6.18 Å². The zero-order chi connectivity index (χ0) is 15.5. The molecule has 1 aromatic carbocycles. The van der Waals surface area contributed by atoms with Crippen LogP contribution >= 0.6 is 12.4 Å². The fourth-order valence-electron chi connectivity index (χ4n) is 1.62. The van der Waals surface area contributed by atoms with Crippen LogP contribution in [0.4, 0.5) is 13.2 Å². The first-order valence-electron chi connectivity index (χ1n) is 5.66. The molecule has 0 aliphatic carbocycles. The Labute approximate surface area is 125 Å². The molecule has 0 saturated carbocycles. The number of phenols is 1. The molecule has 0 saturated heterocycles. The SMILES string of the molecule is COc1cc([C@H](O)C[C@@H](N)C(F)(F)F)cc(OC)c1O.Cl. The first-order chi connectivity index (χ1) is 9.20. The second-order valence-electron chi connectivity index (χ2n) is 4.17. The molecule has 0 fully saturated rings. The van der Waals surface area contributed by atoms with E-state index in [0.717, 1.165) is 0 Å². The average molecular weight is 332 g/mol. The Bertz CT molecular complexity index is 445. The number of halogens is 4. The fourth-order valence-corrected chi connectivity index (χ4v) is 1.62. The number of benzene rings is 1. The van der Waals surface area contributed by atoms with Crippen molar-refractivity contribution in [1.82, 2.24) is 0 Å². The standard InChI is InChI=1S/C12H16F3NO4.ClH/c1-19-8-3-6(4-9(20-2)11(8)18)7(17)5-10(16)12(13,14)15;/h3-4,7,10,17-18H,5,16H2,1-2H3;1H/t7-,10-;/m1./s1. The third-order valence-electron chi connectivity index (χ3n) is 2.78. The second kappa shape index (κ2) is 7.58. The third-order valence-corrected chi connectivity index (χ3v) is 2.78. The van der Waals surface area contributed by atoms with Crippen molar-refractivity contribution >= 4 is 12.4 Å². The highest BCUT2D eigenvalue weighted by Gasteiger charge is 2.38. The second-order valence-corrected chi connectivity index (χ2v) is 4.17. The normalized spacial score (nSPS) is 14.0. The van der Waals surface area contributed by atoms with Crippen molar-refractivity contribution < 1.29 is 32.9 Å². The number of hydrogen-bond acceptors (Lipinski definition) is 5. The van der Waals surface area contributed by atoms with Crippen LogP contribution < -0.4 is 15.2 Å². The van der Waals surface area contributed by atoms with Crippen molar-refractivity contribution in [2.45, 2.75) is 24.7 Å². The van der Waals surface area contributed by atoms with E-state index in [-0.39, 0.29) is 35.2 Å². The summed E-state index contributed by atoms with van der Waals surface area (Å²) in [6.45, 7) is 0. The van der Waals surface area contributed by atoms with Gasteiger partial charge in [-0.05, 0) is 17.7 Å². The number of methoxy groups -OCH3 is 2. The Morgan fingerprint density at radius 3 is 1.95 bits per heavy atom. The van der Waals surface area contributed by atoms with E-state index in [0.29, 0.717) is 0 Å². The minimum absolute atomic E-state index is 0. The molecule has 0 bridgehead atoms. The number of alkyl halides is 3. The van der Waals surface area contributed by atoms with Crippen molar-refractivity contribution in [3.63, 3.8) is 0 Å². The average Bonchev–Trinajstić information content (AvgIpc) is 2.37. The fraction of sp³-hybridized carbons (Fsp3) is 0.500. The van der Waals surface area contributed by atoms with Crippen LogP contribution in [0.2, 0.25) is 0 Å². The Morgan fingerprint density at radius 2 is 1.62 bits per heavy atom. The lowest BCUT2D eigenvalue weighted by Gasteiger charge is -2.20. The van der Waals surface area contributed by atoms with E-state index in [1.54, 1.807) is 0 Å². The summed E-state index contributed by atoms with van der Waals surface area (Å²) in [6, 6.07) is 0.306. The van der Waals surface area contributed by atoms with Crippen LogP contribution in [0.25, 0.3) is 0 Å². The highest BCUT2D eigenvalue weighted by atomic mass is 35.5. The molecule has 0 amide bonds. The van der Waals surface area contributed by atoms with Gasteiger partial charge in [-0.15, -0.1) is 12.4 Å². The number of nitrogens with two attached hydrogens (primary N) is 1. The van der Waals surface area contributed by atoms with Crippen LogP contribution in [-0.4, -0.2) is 36.7 Å². The molecule has 0 spiro atoms. The van der Waals surface area contributed by atoms with Crippen molar-refractivity contribution in [2.24, 2.45) is 5.73 Å². The van der Waals surface area contributed by atoms with E-state index in [4.69, 9.17) is 15.2 Å². The number of aliphatic hydroxyl groups is 1. The van der Waals surface area contributed by atoms with Gasteiger partial charge in [0.25, 0.3) is 0 Å². The first kappa shape index (κ1) is 19.6. The van der Waals surface area contributed by atoms with Crippen LogP contribution in [0.15, 0.2) is 12.1 Å². The zero-order valence-corrected chi connectivity index (χ0v) is 12.2. The molecule has 0 radical (unpaired) electrons. The molecule has 9 heteroatoms. The van der Waals surface area contributed by atoms with E-state index in [2.05, 4.69) is 0 Å². The van der Waals surface area contributed by atoms with Gasteiger partial charge < -0.3 is 25.4 Å². The summed E-state index contributed by atoms with van der Waals surface area (Å²) in [4.78, 5) is 0. The van der Waals surface area contributed by atoms with Crippen molar-refractivity contribution in [3.05, 3.63) is 17.7 Å². The smallest absolute Gasteiger partial charge is 0.403 e. The zero-order valence-electron chi connectivity index (χ0n) is 11.3. The largest absolute Gasteiger partial charge is 0.502 e. The number of phenolic OH excluding ortho intramolecular Hbond substituents is 1. The number of aromatic hydroxyl groups is 1. The minimum atomic E-state index is -4.59. The van der Waals surface area contributed by atoms with E-state index >= 15 is 0 Å². The number of ether oxygens (including phenoxy) is 2. The van der Waals surface area contributed by atoms with Crippen LogP contribution in [0.5, 0.6) is 17.2 Å². The van der Waals surface area contributed by atoms with Gasteiger partial charge in [0.05, 0.1) is 20.3 Å². The van der Waals surface area contributed by atoms with E-state index in [1.165, 1.54) is 26.4 Å². The van der Waals surface area contributed by atoms with Gasteiger partial charge in [0.15, 0.2) is 11.5 Å². The lowest BCUT2D eigenvalue weighted by atomic mass is 10.0. The summed E-state index contributed by atoms with van der Waals surface area (Å²) in [6.07, 6.45) is -6.76. The van der Waals surface area contributed by atoms with Gasteiger partial charge in [-0.1, -0.05) is 0 Å². The lowest BCUT2D eigenvalue weighted by molar-refractivity contribution is -0.153. The molecule has 122 valence electrons. The lowest BCUT2D eigenvalue weighted by Crippen LogP contribution is -2.38. The molecular weight excluding hydrogens is 315 g/mol. The van der Waals surface area contributed by atoms with Crippen LogP contribution in [0, 0.1) is 0 Å². The Kier molecular flexibility index (Phi) is 7.08. The number of hydrogen-bond donors (Lipinski definition) is 3. The maximum Gasteiger partial charge on any atom is 0.403 e. The maximum atomic E-state index is 12.4. The van der Waals surface area contributed by atoms with Crippen molar-refractivity contribution in [2.75, 3.05) is 14.2 Å². The van der Waals surface area contributed by atoms with Gasteiger partial charge in [0.1, 0.15) is 6.04 Å². The Hall–Kier alpha value is -1.38. The molecule has 1 rings (SSSR count). The van der Waals surface area contributed by atoms with Crippen LogP contribution in [0.1, 0.15) is 18.1 Å². The van der Waals surface area contributed by atoms with E-state index in [9.17, 15) is 23.4 Å². The van der Waals surface area contributed by atoms with Gasteiger partial charge in [0, 0.05) is 6.42 Å². The molecular formula is C12H17ClF3NO4. The summed E-state index contributed by atoms with van der Waals surface area (Å²) >= 11 is 0. The quantitative estimate of drug-likeness (QED) is 0.770. The molecule has 0 aromatic heterocycles. The predicted octanol–water partition coefficient (Wildman–Crippen LogP) is 2.14. The van der Waals surface area contributed by atoms with Gasteiger partial charge in [0.2, 0.25) is 5.75 Å². The summed E-state index contributed by atoms with van der Waals surface area (Å²) in [5, 5.41) is 19.5. The van der Waals surface area contributed by atoms with Crippen LogP contribution in [0.3, 0.4) is 0 Å². The van der Waals surface area contributed by atoms with E-state index < -0.39 is 24.7 Å². The topological polar surface area (TPSA) is 84.9 Å². The predicted molar refractivity (Wildman–Crippen MR) is 72.1 cm³/mol. The highest BCUT2D eigenvalue weighted by molar-refractivity contribution is 5.85. The van der Waals surface area contributed by atoms with Gasteiger partial charge in [-0.2, -0.15) is 13.2 Å². The number of rotatable bonds is 5. The summed E-state index contributed by atoms with van der Waals surface area (Å²) in [5.74, 6) is -0.330. The molecule has 0 unspecified atom stereocenters. The first-order valence-corrected chi connectivity index (χ1v) is 5.66. The molecule has 2 atom stereocenters. The molecule has 0 aliphatic rings. The molecule has 21 heavy (non-hydrogen) atoms. The Morgan fingerprint density at radius 1 is 1.19 bits per heavy atom. The maximum absolute atomic E-state index is 12.4. The molecule has 0 aliphatic heterocycles. The molecule has 1 aromatic rings. The van der Waals surface area contributed by atoms with Crippen molar-refractivity contribution in [1.29, 1.82) is 0 Å². The molecule has 5 nitrogen and oxygen atoms in total. The molecule has 0 heterocycles. The van der Waals surface area contributed by atoms with E-state index in [1.807, 2.05) is 0 Å². The van der Waals surface area contributed by atoms with Gasteiger partial charge in [-0.25, -0.2) is 0 Å². The molecule has 4 N–H and O–H groups in total. The third kappa shape index (κ3) is 4.83. The summed E-state index contributed by atoms with van der Waals surface area (Å²) < 4.78 is 46.8. The monoisotopic (exact) mass is 331 g/mol. The summed E-state index contributed by atoms with van der Waals surface area (Å²) in [5.41, 5.74) is 5.07. The minimum Gasteiger partial charge on any atom is -0.502 e. The van der Waals surface area contributed by atoms with Gasteiger partial charge in [-0.3, -0.25) is 0 Å². The van der Waals surface area contributed by atoms with Crippen LogP contribution in [-0.2, 0) is 0 Å². The number of aliphatic hydroxyl groups excluding tert-OH is 1. The van der Waals surface area contributed by atoms with Crippen molar-refractivity contribution in [3.8, 4) is 17.2 Å². The highest BCUT2D eigenvalue weighted by Crippen LogP contribution is 2.39.